The molecule has 4 aliphatic carbocycles. The van der Waals surface area contributed by atoms with E-state index >= 15 is 0 Å². The van der Waals surface area contributed by atoms with E-state index in [0.717, 1.165) is 50.5 Å². The van der Waals surface area contributed by atoms with Crippen LogP contribution >= 0.6 is 0 Å². The van der Waals surface area contributed by atoms with Crippen LogP contribution in [-0.2, 0) is 5.60 Å². The maximum absolute atomic E-state index is 12.3. The zero-order valence-corrected chi connectivity index (χ0v) is 18.7. The summed E-state index contributed by atoms with van der Waals surface area (Å²) >= 11 is 0. The highest BCUT2D eigenvalue weighted by molar-refractivity contribution is 5.87. The molecule has 0 aliphatic heterocycles. The summed E-state index contributed by atoms with van der Waals surface area (Å²) in [6.07, 6.45) is 7.39. The van der Waals surface area contributed by atoms with Crippen LogP contribution in [0.1, 0.15) is 87.6 Å². The average molecular weight is 429 g/mol. The number of fused-ring (bicyclic) bond motifs is 5. The third-order valence-corrected chi connectivity index (χ3v) is 10.6. The van der Waals surface area contributed by atoms with Crippen molar-refractivity contribution >= 4 is 5.97 Å². The van der Waals surface area contributed by atoms with Crippen LogP contribution in [0.2, 0.25) is 0 Å². The van der Waals surface area contributed by atoms with E-state index in [9.17, 15) is 25.2 Å². The van der Waals surface area contributed by atoms with Crippen LogP contribution in [0.5, 0.6) is 0 Å². The van der Waals surface area contributed by atoms with Crippen molar-refractivity contribution in [2.75, 3.05) is 0 Å². The summed E-state index contributed by atoms with van der Waals surface area (Å²) < 4.78 is 0. The lowest BCUT2D eigenvalue weighted by Crippen LogP contribution is -2.64. The highest BCUT2D eigenvalue weighted by Gasteiger charge is 2.71. The molecule has 0 amide bonds. The number of aliphatic hydroxyl groups excluding tert-OH is 1. The third-order valence-electron chi connectivity index (χ3n) is 10.6. The normalized spacial score (nSPS) is 49.1. The summed E-state index contributed by atoms with van der Waals surface area (Å²) in [6.45, 7) is 4.44. The summed E-state index contributed by atoms with van der Waals surface area (Å²) in [6, 6.07) is 6.57. The van der Waals surface area contributed by atoms with Crippen molar-refractivity contribution in [3.05, 3.63) is 35.4 Å². The van der Waals surface area contributed by atoms with Gasteiger partial charge in [0.15, 0.2) is 0 Å². The first kappa shape index (κ1) is 21.4. The number of hydrogen-bond donors (Lipinski definition) is 4. The van der Waals surface area contributed by atoms with Crippen LogP contribution < -0.4 is 0 Å². The fourth-order valence-corrected chi connectivity index (χ4v) is 8.57. The Bertz CT molecular complexity index is 882. The Hall–Kier alpha value is -1.43. The number of aliphatic hydroxyl groups is 3. The molecule has 5 nitrogen and oxygen atoms in total. The molecule has 3 unspecified atom stereocenters. The molecule has 0 spiro atoms. The van der Waals surface area contributed by atoms with Crippen molar-refractivity contribution in [2.24, 2.45) is 28.6 Å². The van der Waals surface area contributed by atoms with E-state index in [1.54, 1.807) is 24.3 Å². The lowest BCUT2D eigenvalue weighted by molar-refractivity contribution is -0.238. The number of carboxylic acids is 1. The highest BCUT2D eigenvalue weighted by Crippen LogP contribution is 2.71. The van der Waals surface area contributed by atoms with Crippen LogP contribution in [0.25, 0.3) is 0 Å². The fraction of sp³-hybridized carbons (Fsp3) is 0.731. The van der Waals surface area contributed by atoms with Gasteiger partial charge in [-0.2, -0.15) is 0 Å². The molecule has 1 aromatic rings. The molecule has 0 radical (unpaired) electrons. The van der Waals surface area contributed by atoms with Gasteiger partial charge in [-0.25, -0.2) is 4.79 Å². The van der Waals surface area contributed by atoms with Crippen molar-refractivity contribution in [3.63, 3.8) is 0 Å². The standard InChI is InChI=1S/C26H36O5/c1-23-11-9-19(27)15-18(23)7-8-21-20(23)10-12-24(2)25(30,13-14-26(21,24)31)17-5-3-16(4-6-17)22(28)29/h3-6,18-21,27,30-31H,7-15H2,1-2H3,(H,28,29)/t18?,19?,20-,21-,23+,24-,25?,26-/m1/s1. The van der Waals surface area contributed by atoms with Crippen LogP contribution in [0.15, 0.2) is 24.3 Å². The number of benzene rings is 1. The minimum absolute atomic E-state index is 0.156. The smallest absolute Gasteiger partial charge is 0.335 e. The summed E-state index contributed by atoms with van der Waals surface area (Å²) in [5.41, 5.74) is -1.67. The van der Waals surface area contributed by atoms with Crippen molar-refractivity contribution in [3.8, 4) is 0 Å². The lowest BCUT2D eigenvalue weighted by atomic mass is 9.43. The molecular formula is C26H36O5. The van der Waals surface area contributed by atoms with Gasteiger partial charge in [0.1, 0.15) is 0 Å². The van der Waals surface area contributed by atoms with Gasteiger partial charge in [-0.1, -0.05) is 26.0 Å². The molecule has 31 heavy (non-hydrogen) atoms. The van der Waals surface area contributed by atoms with Gasteiger partial charge in [-0.3, -0.25) is 0 Å². The zero-order chi connectivity index (χ0) is 22.2. The van der Waals surface area contributed by atoms with Crippen LogP contribution in [-0.4, -0.2) is 38.1 Å². The summed E-state index contributed by atoms with van der Waals surface area (Å²) in [7, 11) is 0. The summed E-state index contributed by atoms with van der Waals surface area (Å²) in [4.78, 5) is 11.3. The monoisotopic (exact) mass is 428 g/mol. The van der Waals surface area contributed by atoms with Gasteiger partial charge in [0, 0.05) is 5.41 Å². The van der Waals surface area contributed by atoms with Gasteiger partial charge in [0.05, 0.1) is 22.9 Å². The number of rotatable bonds is 2. The SMILES string of the molecule is C[C@]12CCC(O)CC1CC[C@@H]1[C@H]2CC[C@]2(C)C(O)(c3ccc(C(=O)O)cc3)CC[C@@]12O. The summed E-state index contributed by atoms with van der Waals surface area (Å²) in [5, 5.41) is 43.7. The topological polar surface area (TPSA) is 98.0 Å². The number of hydrogen-bond acceptors (Lipinski definition) is 4. The molecule has 0 heterocycles. The summed E-state index contributed by atoms with van der Waals surface area (Å²) in [5.74, 6) is 0.133. The van der Waals surface area contributed by atoms with Gasteiger partial charge in [-0.15, -0.1) is 0 Å². The van der Waals surface area contributed by atoms with Crippen molar-refractivity contribution in [1.29, 1.82) is 0 Å². The first-order chi connectivity index (χ1) is 14.6. The molecule has 170 valence electrons. The first-order valence-electron chi connectivity index (χ1n) is 12.0. The van der Waals surface area contributed by atoms with Gasteiger partial charge < -0.3 is 20.4 Å². The number of carboxylic acid groups (broad SMARTS) is 1. The van der Waals surface area contributed by atoms with E-state index in [0.29, 0.717) is 24.7 Å². The lowest BCUT2D eigenvalue weighted by Gasteiger charge is -2.64. The van der Waals surface area contributed by atoms with Crippen molar-refractivity contribution in [1.82, 2.24) is 0 Å². The Labute approximate surface area is 184 Å². The van der Waals surface area contributed by atoms with Crippen LogP contribution in [0, 0.1) is 28.6 Å². The predicted octanol–water partition coefficient (Wildman–Crippen LogP) is 4.09. The number of aromatic carboxylic acids is 1. The van der Waals surface area contributed by atoms with Gasteiger partial charge in [0.25, 0.3) is 0 Å². The van der Waals surface area contributed by atoms with E-state index in [1.807, 2.05) is 0 Å². The quantitative estimate of drug-likeness (QED) is 0.569. The van der Waals surface area contributed by atoms with E-state index < -0.39 is 22.6 Å². The minimum atomic E-state index is -1.16. The van der Waals surface area contributed by atoms with E-state index in [2.05, 4.69) is 13.8 Å². The molecule has 4 fully saturated rings. The van der Waals surface area contributed by atoms with Gasteiger partial charge in [0.2, 0.25) is 0 Å². The highest BCUT2D eigenvalue weighted by atomic mass is 16.4. The molecule has 1 aromatic carbocycles. The predicted molar refractivity (Wildman–Crippen MR) is 116 cm³/mol. The van der Waals surface area contributed by atoms with Gasteiger partial charge >= 0.3 is 5.97 Å². The van der Waals surface area contributed by atoms with E-state index in [-0.39, 0.29) is 23.0 Å². The van der Waals surface area contributed by atoms with Crippen LogP contribution in [0.4, 0.5) is 0 Å². The first-order valence-corrected chi connectivity index (χ1v) is 12.0. The average Bonchev–Trinajstić information content (AvgIpc) is 2.96. The third kappa shape index (κ3) is 2.69. The molecule has 5 rings (SSSR count). The van der Waals surface area contributed by atoms with E-state index in [1.165, 1.54) is 0 Å². The second-order valence-electron chi connectivity index (χ2n) is 11.5. The maximum Gasteiger partial charge on any atom is 0.335 e. The van der Waals surface area contributed by atoms with Crippen molar-refractivity contribution in [2.45, 2.75) is 88.9 Å². The maximum atomic E-state index is 12.3. The second kappa shape index (κ2) is 6.79. The second-order valence-corrected chi connectivity index (χ2v) is 11.5. The minimum Gasteiger partial charge on any atom is -0.478 e. The van der Waals surface area contributed by atoms with Gasteiger partial charge in [-0.05, 0) is 98.7 Å². The molecular weight excluding hydrogens is 392 g/mol. The fourth-order valence-electron chi connectivity index (χ4n) is 8.57. The Morgan fingerprint density at radius 2 is 1.61 bits per heavy atom. The Morgan fingerprint density at radius 1 is 0.903 bits per heavy atom. The van der Waals surface area contributed by atoms with Crippen molar-refractivity contribution < 1.29 is 25.2 Å². The molecule has 4 aliphatic rings. The molecule has 0 aromatic heterocycles. The van der Waals surface area contributed by atoms with Crippen LogP contribution in [0.3, 0.4) is 0 Å². The molecule has 4 N–H and O–H groups in total. The Kier molecular flexibility index (Phi) is 4.69. The van der Waals surface area contributed by atoms with E-state index in [4.69, 9.17) is 0 Å². The Morgan fingerprint density at radius 3 is 2.29 bits per heavy atom. The Balaban J connectivity index is 1.49. The zero-order valence-electron chi connectivity index (χ0n) is 18.7. The molecule has 4 saturated carbocycles. The molecule has 5 heteroatoms. The number of carbonyl (C=O) groups is 1. The molecule has 0 saturated heterocycles. The largest absolute Gasteiger partial charge is 0.478 e. The molecule has 0 bridgehead atoms. The molecule has 8 atom stereocenters.